The van der Waals surface area contributed by atoms with Gasteiger partial charge in [0.2, 0.25) is 10.0 Å². The summed E-state index contributed by atoms with van der Waals surface area (Å²) in [7, 11) is -3.52. The predicted octanol–water partition coefficient (Wildman–Crippen LogP) is 1.95. The first-order valence-electron chi connectivity index (χ1n) is 4.04. The number of benzene rings is 1. The van der Waals surface area contributed by atoms with Gasteiger partial charge in [0.05, 0.1) is 16.5 Å². The molecule has 2 N–H and O–H groups in total. The van der Waals surface area contributed by atoms with Crippen molar-refractivity contribution < 1.29 is 17.9 Å². The van der Waals surface area contributed by atoms with Crippen molar-refractivity contribution in [3.8, 4) is 5.75 Å². The van der Waals surface area contributed by atoms with Gasteiger partial charge in [-0.15, -0.1) is 0 Å². The van der Waals surface area contributed by atoms with Gasteiger partial charge < -0.3 is 5.11 Å². The highest BCUT2D eigenvalue weighted by molar-refractivity contribution is 7.92. The summed E-state index contributed by atoms with van der Waals surface area (Å²) in [6.07, 6.45) is 0. The van der Waals surface area contributed by atoms with Crippen LogP contribution in [0.1, 0.15) is 6.92 Å². The van der Waals surface area contributed by atoms with Crippen LogP contribution in [0.5, 0.6) is 5.75 Å². The molecule has 0 saturated carbocycles. The summed E-state index contributed by atoms with van der Waals surface area (Å²) >= 11 is 5.44. The zero-order valence-electron chi connectivity index (χ0n) is 7.79. The zero-order chi connectivity index (χ0) is 11.6. The van der Waals surface area contributed by atoms with E-state index in [2.05, 4.69) is 4.72 Å². The Hall–Kier alpha value is -1.01. The van der Waals surface area contributed by atoms with E-state index in [1.807, 2.05) is 0 Å². The Balaban J connectivity index is 3.12. The highest BCUT2D eigenvalue weighted by atomic mass is 35.5. The molecule has 0 fully saturated rings. The molecule has 0 radical (unpaired) electrons. The second-order valence-corrected chi connectivity index (χ2v) is 5.21. The molecule has 0 aromatic heterocycles. The normalized spacial score (nSPS) is 11.4. The smallest absolute Gasteiger partial charge is 0.232 e. The molecule has 0 aliphatic carbocycles. The van der Waals surface area contributed by atoms with Crippen molar-refractivity contribution in [2.45, 2.75) is 6.92 Å². The lowest BCUT2D eigenvalue weighted by molar-refractivity contribution is 0.471. The van der Waals surface area contributed by atoms with Crippen LogP contribution in [0.3, 0.4) is 0 Å². The Bertz CT molecular complexity index is 475. The predicted molar refractivity (Wildman–Crippen MR) is 56.2 cm³/mol. The summed E-state index contributed by atoms with van der Waals surface area (Å²) in [4.78, 5) is 0. The van der Waals surface area contributed by atoms with Crippen LogP contribution in [0.15, 0.2) is 12.1 Å². The van der Waals surface area contributed by atoms with Crippen molar-refractivity contribution in [1.82, 2.24) is 0 Å². The maximum absolute atomic E-state index is 12.8. The molecule has 0 aliphatic heterocycles. The Morgan fingerprint density at radius 1 is 1.53 bits per heavy atom. The van der Waals surface area contributed by atoms with Gasteiger partial charge in [-0.05, 0) is 13.0 Å². The fraction of sp³-hybridized carbons (Fsp3) is 0.250. The van der Waals surface area contributed by atoms with Gasteiger partial charge in [0, 0.05) is 6.07 Å². The fourth-order valence-electron chi connectivity index (χ4n) is 0.858. The minimum absolute atomic E-state index is 0.136. The lowest BCUT2D eigenvalue weighted by Crippen LogP contribution is -2.14. The van der Waals surface area contributed by atoms with Crippen molar-refractivity contribution in [2.24, 2.45) is 0 Å². The molecule has 0 amide bonds. The quantitative estimate of drug-likeness (QED) is 0.809. The SMILES string of the molecule is CCS(=O)(=O)Nc1cc(Cl)c(F)cc1O. The van der Waals surface area contributed by atoms with E-state index in [4.69, 9.17) is 11.6 Å². The van der Waals surface area contributed by atoms with Crippen molar-refractivity contribution in [3.05, 3.63) is 23.0 Å². The lowest BCUT2D eigenvalue weighted by atomic mass is 10.3. The van der Waals surface area contributed by atoms with Crippen LogP contribution >= 0.6 is 11.6 Å². The highest BCUT2D eigenvalue weighted by Crippen LogP contribution is 2.29. The molecule has 7 heteroatoms. The second kappa shape index (κ2) is 4.24. The minimum atomic E-state index is -3.52. The van der Waals surface area contributed by atoms with Gasteiger partial charge in [0.15, 0.2) is 0 Å². The molecule has 0 saturated heterocycles. The maximum atomic E-state index is 12.8. The molecule has 84 valence electrons. The Morgan fingerprint density at radius 3 is 2.67 bits per heavy atom. The maximum Gasteiger partial charge on any atom is 0.232 e. The molecule has 4 nitrogen and oxygen atoms in total. The van der Waals surface area contributed by atoms with Crippen LogP contribution in [0, 0.1) is 5.82 Å². The van der Waals surface area contributed by atoms with Crippen molar-refractivity contribution in [2.75, 3.05) is 10.5 Å². The van der Waals surface area contributed by atoms with E-state index in [-0.39, 0.29) is 16.5 Å². The molecular formula is C8H9ClFNO3S. The number of phenols is 1. The first-order chi connectivity index (χ1) is 6.85. The summed E-state index contributed by atoms with van der Waals surface area (Å²) in [6.45, 7) is 1.44. The molecule has 0 unspecified atom stereocenters. The van der Waals surface area contributed by atoms with Crippen LogP contribution in [-0.4, -0.2) is 19.3 Å². The van der Waals surface area contributed by atoms with Crippen LogP contribution in [0.4, 0.5) is 10.1 Å². The molecule has 0 aliphatic rings. The largest absolute Gasteiger partial charge is 0.506 e. The summed E-state index contributed by atoms with van der Waals surface area (Å²) in [6, 6.07) is 1.76. The monoisotopic (exact) mass is 253 g/mol. The Labute approximate surface area is 91.7 Å². The standard InChI is InChI=1S/C8H9ClFNO3S/c1-2-15(13,14)11-7-3-5(9)6(10)4-8(7)12/h3-4,11-12H,2H2,1H3. The summed E-state index contributed by atoms with van der Waals surface area (Å²) in [5.41, 5.74) is -0.136. The third-order valence-electron chi connectivity index (χ3n) is 1.68. The van der Waals surface area contributed by atoms with Gasteiger partial charge in [0.25, 0.3) is 0 Å². The molecule has 1 aromatic carbocycles. The van der Waals surface area contributed by atoms with Crippen LogP contribution < -0.4 is 4.72 Å². The average Bonchev–Trinajstić information content (AvgIpc) is 2.14. The zero-order valence-corrected chi connectivity index (χ0v) is 9.36. The van der Waals surface area contributed by atoms with Gasteiger partial charge in [0.1, 0.15) is 11.6 Å². The van der Waals surface area contributed by atoms with E-state index in [9.17, 15) is 17.9 Å². The molecule has 1 rings (SSSR count). The number of phenolic OH excluding ortho intramolecular Hbond substituents is 1. The second-order valence-electron chi connectivity index (χ2n) is 2.79. The van der Waals surface area contributed by atoms with Crippen LogP contribution in [-0.2, 0) is 10.0 Å². The topological polar surface area (TPSA) is 66.4 Å². The number of nitrogens with one attached hydrogen (secondary N) is 1. The molecule has 0 spiro atoms. The minimum Gasteiger partial charge on any atom is -0.506 e. The molecule has 0 atom stereocenters. The van der Waals surface area contributed by atoms with Gasteiger partial charge in [-0.1, -0.05) is 11.6 Å². The van der Waals surface area contributed by atoms with Gasteiger partial charge in [-0.3, -0.25) is 4.72 Å². The van der Waals surface area contributed by atoms with Crippen molar-refractivity contribution >= 4 is 27.3 Å². The number of rotatable bonds is 3. The first-order valence-corrected chi connectivity index (χ1v) is 6.07. The Kier molecular flexibility index (Phi) is 3.41. The van der Waals surface area contributed by atoms with Crippen molar-refractivity contribution in [3.63, 3.8) is 0 Å². The van der Waals surface area contributed by atoms with Crippen LogP contribution in [0.25, 0.3) is 0 Å². The number of sulfonamides is 1. The molecule has 0 bridgehead atoms. The number of halogens is 2. The van der Waals surface area contributed by atoms with E-state index in [1.54, 1.807) is 0 Å². The number of anilines is 1. The summed E-state index contributed by atoms with van der Waals surface area (Å²) in [5.74, 6) is -1.47. The lowest BCUT2D eigenvalue weighted by Gasteiger charge is -2.08. The van der Waals surface area contributed by atoms with Crippen LogP contribution in [0.2, 0.25) is 5.02 Å². The van der Waals surface area contributed by atoms with Gasteiger partial charge >= 0.3 is 0 Å². The van der Waals surface area contributed by atoms with Gasteiger partial charge in [-0.25, -0.2) is 12.8 Å². The Morgan fingerprint density at radius 2 is 2.13 bits per heavy atom. The fourth-order valence-corrected chi connectivity index (χ4v) is 1.66. The van der Waals surface area contributed by atoms with E-state index < -0.39 is 21.6 Å². The summed E-state index contributed by atoms with van der Waals surface area (Å²) in [5, 5.41) is 8.99. The van der Waals surface area contributed by atoms with E-state index in [0.29, 0.717) is 0 Å². The first kappa shape index (κ1) is 12.1. The number of hydrogen-bond donors (Lipinski definition) is 2. The summed E-state index contributed by atoms with van der Waals surface area (Å²) < 4.78 is 37.2. The number of hydrogen-bond acceptors (Lipinski definition) is 3. The molecular weight excluding hydrogens is 245 g/mol. The van der Waals surface area contributed by atoms with E-state index >= 15 is 0 Å². The van der Waals surface area contributed by atoms with Crippen molar-refractivity contribution in [1.29, 1.82) is 0 Å². The third kappa shape index (κ3) is 2.97. The third-order valence-corrected chi connectivity index (χ3v) is 3.26. The number of aromatic hydroxyl groups is 1. The molecule has 0 heterocycles. The van der Waals surface area contributed by atoms with E-state index in [1.165, 1.54) is 6.92 Å². The highest BCUT2D eigenvalue weighted by Gasteiger charge is 2.13. The van der Waals surface area contributed by atoms with Gasteiger partial charge in [-0.2, -0.15) is 0 Å². The van der Waals surface area contributed by atoms with E-state index in [0.717, 1.165) is 12.1 Å². The molecule has 15 heavy (non-hydrogen) atoms. The molecule has 1 aromatic rings. The average molecular weight is 254 g/mol.